The number of alkyl halides is 3. The third-order valence-electron chi connectivity index (χ3n) is 6.46. The number of alkyl carbamates (subject to hydrolysis) is 1. The zero-order valence-electron chi connectivity index (χ0n) is 20.3. The molecule has 4 aromatic rings. The summed E-state index contributed by atoms with van der Waals surface area (Å²) in [6.07, 6.45) is -2.41. The Balaban J connectivity index is 1.34. The Kier molecular flexibility index (Phi) is 7.83. The summed E-state index contributed by atoms with van der Waals surface area (Å²) in [5.41, 5.74) is 3.99. The molecule has 5 rings (SSSR count). The molecule has 0 saturated heterocycles. The number of carbonyl (C=O) groups excluding carboxylic acids is 1. The van der Waals surface area contributed by atoms with E-state index in [4.69, 9.17) is 16.3 Å². The second-order valence-corrected chi connectivity index (χ2v) is 10.3. The first kappa shape index (κ1) is 27.1. The third kappa shape index (κ3) is 5.75. The van der Waals surface area contributed by atoms with Gasteiger partial charge in [0.25, 0.3) is 0 Å². The number of halogens is 4. The molecule has 5 nitrogen and oxygen atoms in total. The van der Waals surface area contributed by atoms with Gasteiger partial charge in [-0.2, -0.15) is 13.2 Å². The van der Waals surface area contributed by atoms with Crippen LogP contribution in [0.3, 0.4) is 0 Å². The number of aromatic nitrogens is 1. The summed E-state index contributed by atoms with van der Waals surface area (Å²) < 4.78 is 46.2. The van der Waals surface area contributed by atoms with Crippen molar-refractivity contribution in [1.29, 1.82) is 0 Å². The maximum absolute atomic E-state index is 13.5. The molecule has 3 aromatic carbocycles. The number of aliphatic hydroxyl groups is 1. The average Bonchev–Trinajstić information content (AvgIpc) is 3.25. The van der Waals surface area contributed by atoms with E-state index in [0.29, 0.717) is 15.4 Å². The van der Waals surface area contributed by atoms with Crippen LogP contribution in [-0.4, -0.2) is 22.8 Å². The number of hydrogen-bond donors (Lipinski definition) is 2. The molecule has 2 N–H and O–H groups in total. The first-order valence-corrected chi connectivity index (χ1v) is 13.2. The summed E-state index contributed by atoms with van der Waals surface area (Å²) in [6.45, 7) is -0.481. The van der Waals surface area contributed by atoms with Crippen LogP contribution in [0, 0.1) is 0 Å². The summed E-state index contributed by atoms with van der Waals surface area (Å²) >= 11 is 7.39. The molecule has 0 spiro atoms. The highest BCUT2D eigenvalue weighted by molar-refractivity contribution is 7.99. The molecule has 0 atom stereocenters. The molecule has 0 saturated carbocycles. The van der Waals surface area contributed by atoms with Gasteiger partial charge in [0.15, 0.2) is 0 Å². The van der Waals surface area contributed by atoms with E-state index in [2.05, 4.69) is 10.3 Å². The molecule has 0 fully saturated rings. The largest absolute Gasteiger partial charge is 0.449 e. The molecular weight excluding hydrogens is 549 g/mol. The van der Waals surface area contributed by atoms with E-state index in [1.165, 1.54) is 12.4 Å². The molecule has 10 heteroatoms. The Hall–Kier alpha value is -3.53. The van der Waals surface area contributed by atoms with Crippen molar-refractivity contribution in [3.8, 4) is 11.1 Å². The van der Waals surface area contributed by atoms with Gasteiger partial charge in [-0.1, -0.05) is 71.9 Å². The summed E-state index contributed by atoms with van der Waals surface area (Å²) in [5.74, 6) is -0.152. The van der Waals surface area contributed by atoms with Crippen molar-refractivity contribution >= 4 is 29.5 Å². The van der Waals surface area contributed by atoms with Crippen LogP contribution in [0.4, 0.5) is 18.0 Å². The van der Waals surface area contributed by atoms with E-state index in [-0.39, 0.29) is 36.3 Å². The van der Waals surface area contributed by atoms with Gasteiger partial charge in [0.2, 0.25) is 0 Å². The fourth-order valence-electron chi connectivity index (χ4n) is 4.62. The first-order valence-electron chi connectivity index (χ1n) is 12.0. The molecular formula is C29H22ClF3N2O3S. The average molecular weight is 571 g/mol. The smallest absolute Gasteiger partial charge is 0.416 e. The highest BCUT2D eigenvalue weighted by Crippen LogP contribution is 2.45. The first-order chi connectivity index (χ1) is 18.8. The molecule has 0 radical (unpaired) electrons. The Morgan fingerprint density at radius 3 is 2.33 bits per heavy atom. The van der Waals surface area contributed by atoms with E-state index in [0.717, 1.165) is 46.1 Å². The van der Waals surface area contributed by atoms with Crippen LogP contribution in [-0.2, 0) is 24.1 Å². The highest BCUT2D eigenvalue weighted by atomic mass is 35.5. The molecule has 200 valence electrons. The van der Waals surface area contributed by atoms with Crippen LogP contribution in [0.5, 0.6) is 0 Å². The second-order valence-electron chi connectivity index (χ2n) is 8.87. The van der Waals surface area contributed by atoms with Gasteiger partial charge < -0.3 is 15.2 Å². The summed E-state index contributed by atoms with van der Waals surface area (Å²) in [5, 5.41) is 12.1. The van der Waals surface area contributed by atoms with Crippen molar-refractivity contribution in [2.24, 2.45) is 0 Å². The maximum atomic E-state index is 13.5. The van der Waals surface area contributed by atoms with Gasteiger partial charge in [0.05, 0.1) is 17.2 Å². The normalized spacial score (nSPS) is 12.6. The monoisotopic (exact) mass is 570 g/mol. The summed E-state index contributed by atoms with van der Waals surface area (Å²) in [6, 6.07) is 19.2. The van der Waals surface area contributed by atoms with E-state index in [1.807, 2.05) is 48.5 Å². The van der Waals surface area contributed by atoms with E-state index in [9.17, 15) is 23.1 Å². The number of fused-ring (bicyclic) bond motifs is 3. The fraction of sp³-hybridized carbons (Fsp3) is 0.172. The number of nitrogens with zero attached hydrogens (tertiary/aromatic N) is 1. The van der Waals surface area contributed by atoms with Crippen molar-refractivity contribution < 1.29 is 27.8 Å². The minimum atomic E-state index is -4.63. The van der Waals surface area contributed by atoms with Gasteiger partial charge in [0, 0.05) is 40.2 Å². The SMILES string of the molecule is O=C(NCc1cc(C(F)(F)F)cc(Cl)c1Sc1ccncc1CO)OCC1c2ccccc2-c2ccccc21. The number of amides is 1. The lowest BCUT2D eigenvalue weighted by atomic mass is 9.98. The fourth-order valence-corrected chi connectivity index (χ4v) is 5.99. The number of carbonyl (C=O) groups is 1. The molecule has 1 heterocycles. The zero-order chi connectivity index (χ0) is 27.6. The van der Waals surface area contributed by atoms with Crippen molar-refractivity contribution in [2.45, 2.75) is 35.0 Å². The maximum Gasteiger partial charge on any atom is 0.416 e. The standard InChI is InChI=1S/C29H22ClF3N2O3S/c30-25-12-19(29(31,32)33)11-17(27(25)39-26-9-10-34-13-18(26)15-36)14-35-28(37)38-16-24-22-7-3-1-5-20(22)21-6-2-4-8-23(21)24/h1-13,24,36H,14-16H2,(H,35,37). The minimum Gasteiger partial charge on any atom is -0.449 e. The number of aliphatic hydroxyl groups excluding tert-OH is 1. The molecule has 1 aliphatic rings. The van der Waals surface area contributed by atoms with Crippen molar-refractivity contribution in [2.75, 3.05) is 6.61 Å². The minimum absolute atomic E-state index is 0.0711. The number of rotatable bonds is 7. The molecule has 1 amide bonds. The Bertz CT molecular complexity index is 1480. The van der Waals surface area contributed by atoms with Crippen molar-refractivity contribution in [3.63, 3.8) is 0 Å². The van der Waals surface area contributed by atoms with Crippen molar-refractivity contribution in [3.05, 3.63) is 112 Å². The van der Waals surface area contributed by atoms with E-state index >= 15 is 0 Å². The predicted octanol–water partition coefficient (Wildman–Crippen LogP) is 7.44. The lowest BCUT2D eigenvalue weighted by Gasteiger charge is -2.18. The number of ether oxygens (including phenoxy) is 1. The topological polar surface area (TPSA) is 71.5 Å². The third-order valence-corrected chi connectivity index (χ3v) is 8.17. The molecule has 39 heavy (non-hydrogen) atoms. The van der Waals surface area contributed by atoms with Gasteiger partial charge in [-0.3, -0.25) is 4.98 Å². The Morgan fingerprint density at radius 2 is 1.69 bits per heavy atom. The van der Waals surface area contributed by atoms with Crippen LogP contribution in [0.1, 0.15) is 33.7 Å². The van der Waals surface area contributed by atoms with E-state index in [1.54, 1.807) is 6.07 Å². The van der Waals surface area contributed by atoms with Crippen LogP contribution < -0.4 is 5.32 Å². The van der Waals surface area contributed by atoms with Crippen LogP contribution >= 0.6 is 23.4 Å². The second kappa shape index (κ2) is 11.3. The quantitative estimate of drug-likeness (QED) is 0.242. The predicted molar refractivity (Wildman–Crippen MR) is 143 cm³/mol. The molecule has 0 bridgehead atoms. The number of nitrogens with one attached hydrogen (secondary N) is 1. The summed E-state index contributed by atoms with van der Waals surface area (Å²) in [7, 11) is 0. The Morgan fingerprint density at radius 1 is 1.03 bits per heavy atom. The van der Waals surface area contributed by atoms with Gasteiger partial charge in [0.1, 0.15) is 6.61 Å². The van der Waals surface area contributed by atoms with Crippen molar-refractivity contribution in [1.82, 2.24) is 10.3 Å². The molecule has 0 aliphatic heterocycles. The zero-order valence-corrected chi connectivity index (χ0v) is 21.9. The number of hydrogen-bond acceptors (Lipinski definition) is 5. The van der Waals surface area contributed by atoms with Crippen LogP contribution in [0.15, 0.2) is 88.9 Å². The van der Waals surface area contributed by atoms with Gasteiger partial charge in [-0.25, -0.2) is 4.79 Å². The number of benzene rings is 3. The summed E-state index contributed by atoms with van der Waals surface area (Å²) in [4.78, 5) is 17.6. The van der Waals surface area contributed by atoms with Gasteiger partial charge in [-0.05, 0) is 46.0 Å². The van der Waals surface area contributed by atoms with Crippen LogP contribution in [0.2, 0.25) is 5.02 Å². The lowest BCUT2D eigenvalue weighted by Crippen LogP contribution is -2.26. The van der Waals surface area contributed by atoms with Crippen LogP contribution in [0.25, 0.3) is 11.1 Å². The van der Waals surface area contributed by atoms with E-state index < -0.39 is 17.8 Å². The highest BCUT2D eigenvalue weighted by Gasteiger charge is 2.33. The van der Waals surface area contributed by atoms with Gasteiger partial charge >= 0.3 is 12.3 Å². The Labute approximate surface area is 232 Å². The molecule has 0 unspecified atom stereocenters. The lowest BCUT2D eigenvalue weighted by molar-refractivity contribution is -0.137. The molecule has 1 aromatic heterocycles. The molecule has 1 aliphatic carbocycles. The van der Waals surface area contributed by atoms with Gasteiger partial charge in [-0.15, -0.1) is 0 Å². The number of pyridine rings is 1.